The molecule has 15 heavy (non-hydrogen) atoms. The lowest BCUT2D eigenvalue weighted by Gasteiger charge is -2.05. The lowest BCUT2D eigenvalue weighted by Crippen LogP contribution is -2.30. The molecule has 0 unspecified atom stereocenters. The van der Waals surface area contributed by atoms with Crippen LogP contribution in [0.2, 0.25) is 0 Å². The molecular formula is C11H13N3O. The van der Waals surface area contributed by atoms with Gasteiger partial charge >= 0.3 is 0 Å². The maximum atomic E-state index is 11.7. The van der Waals surface area contributed by atoms with E-state index in [1.807, 2.05) is 26.0 Å². The maximum Gasteiger partial charge on any atom is 0.267 e. The predicted octanol–water partition coefficient (Wildman–Crippen LogP) is 1.70. The molecule has 0 aliphatic heterocycles. The third kappa shape index (κ3) is 1.98. The van der Waals surface area contributed by atoms with Crippen LogP contribution >= 0.6 is 0 Å². The van der Waals surface area contributed by atoms with E-state index in [0.29, 0.717) is 5.69 Å². The summed E-state index contributed by atoms with van der Waals surface area (Å²) < 4.78 is 0. The Morgan fingerprint density at radius 3 is 3.00 bits per heavy atom. The molecule has 0 aromatic carbocycles. The fraction of sp³-hybridized carbons (Fsp3) is 0.273. The van der Waals surface area contributed by atoms with E-state index in [-0.39, 0.29) is 11.9 Å². The van der Waals surface area contributed by atoms with Gasteiger partial charge < -0.3 is 10.3 Å². The molecule has 4 heteroatoms. The topological polar surface area (TPSA) is 57.8 Å². The lowest BCUT2D eigenvalue weighted by molar-refractivity contribution is 0.0939. The maximum absolute atomic E-state index is 11.7. The van der Waals surface area contributed by atoms with Gasteiger partial charge in [0, 0.05) is 17.6 Å². The second kappa shape index (κ2) is 3.73. The van der Waals surface area contributed by atoms with Gasteiger partial charge in [-0.05, 0) is 26.0 Å². The number of rotatable bonds is 2. The van der Waals surface area contributed by atoms with Crippen molar-refractivity contribution in [2.45, 2.75) is 19.9 Å². The van der Waals surface area contributed by atoms with E-state index in [1.54, 1.807) is 12.4 Å². The molecular weight excluding hydrogens is 190 g/mol. The van der Waals surface area contributed by atoms with E-state index < -0.39 is 0 Å². The monoisotopic (exact) mass is 203 g/mol. The van der Waals surface area contributed by atoms with Gasteiger partial charge in [0.05, 0.1) is 11.7 Å². The van der Waals surface area contributed by atoms with Crippen molar-refractivity contribution in [2.24, 2.45) is 0 Å². The van der Waals surface area contributed by atoms with Gasteiger partial charge in [-0.1, -0.05) is 0 Å². The molecule has 4 nitrogen and oxygen atoms in total. The normalized spacial score (nSPS) is 10.9. The molecule has 78 valence electrons. The molecule has 2 aromatic rings. The minimum atomic E-state index is -0.0822. The van der Waals surface area contributed by atoms with Crippen molar-refractivity contribution in [1.29, 1.82) is 0 Å². The summed E-state index contributed by atoms with van der Waals surface area (Å²) >= 11 is 0. The number of H-pyrrole nitrogens is 1. The van der Waals surface area contributed by atoms with Crippen LogP contribution < -0.4 is 5.32 Å². The van der Waals surface area contributed by atoms with Crippen molar-refractivity contribution >= 4 is 16.8 Å². The molecule has 0 atom stereocenters. The Labute approximate surface area is 87.7 Å². The van der Waals surface area contributed by atoms with Crippen LogP contribution in [0.25, 0.3) is 10.9 Å². The minimum absolute atomic E-state index is 0.0822. The van der Waals surface area contributed by atoms with Gasteiger partial charge in [0.25, 0.3) is 5.91 Å². The fourth-order valence-electron chi connectivity index (χ4n) is 1.43. The number of carbonyl (C=O) groups excluding carboxylic acids is 1. The SMILES string of the molecule is CC(C)NC(=O)c1cc2ccncc2[nH]1. The third-order valence-electron chi connectivity index (χ3n) is 2.09. The average Bonchev–Trinajstić information content (AvgIpc) is 2.59. The van der Waals surface area contributed by atoms with Gasteiger partial charge in [0.1, 0.15) is 5.69 Å². The molecule has 2 heterocycles. The van der Waals surface area contributed by atoms with E-state index >= 15 is 0 Å². The van der Waals surface area contributed by atoms with Crippen LogP contribution in [0.1, 0.15) is 24.3 Å². The summed E-state index contributed by atoms with van der Waals surface area (Å²) in [7, 11) is 0. The molecule has 0 radical (unpaired) electrons. The van der Waals surface area contributed by atoms with Crippen molar-refractivity contribution in [3.05, 3.63) is 30.2 Å². The smallest absolute Gasteiger partial charge is 0.267 e. The van der Waals surface area contributed by atoms with Gasteiger partial charge in [0.15, 0.2) is 0 Å². The van der Waals surface area contributed by atoms with Crippen LogP contribution in [0.4, 0.5) is 0 Å². The Morgan fingerprint density at radius 2 is 2.33 bits per heavy atom. The first-order valence-corrected chi connectivity index (χ1v) is 4.90. The van der Waals surface area contributed by atoms with Crippen LogP contribution in [-0.4, -0.2) is 21.9 Å². The second-order valence-corrected chi connectivity index (χ2v) is 3.77. The molecule has 0 fully saturated rings. The number of hydrogen-bond acceptors (Lipinski definition) is 2. The second-order valence-electron chi connectivity index (χ2n) is 3.77. The zero-order chi connectivity index (χ0) is 10.8. The minimum Gasteiger partial charge on any atom is -0.349 e. The van der Waals surface area contributed by atoms with Crippen LogP contribution in [0.3, 0.4) is 0 Å². The fourth-order valence-corrected chi connectivity index (χ4v) is 1.43. The van der Waals surface area contributed by atoms with Gasteiger partial charge in [-0.3, -0.25) is 9.78 Å². The highest BCUT2D eigenvalue weighted by Gasteiger charge is 2.09. The highest BCUT2D eigenvalue weighted by Crippen LogP contribution is 2.13. The van der Waals surface area contributed by atoms with Crippen LogP contribution in [-0.2, 0) is 0 Å². The predicted molar refractivity (Wildman–Crippen MR) is 58.7 cm³/mol. The number of aromatic amines is 1. The van der Waals surface area contributed by atoms with Crippen molar-refractivity contribution in [1.82, 2.24) is 15.3 Å². The Kier molecular flexibility index (Phi) is 2.41. The zero-order valence-corrected chi connectivity index (χ0v) is 8.74. The molecule has 0 saturated heterocycles. The standard InChI is InChI=1S/C11H13N3O/c1-7(2)13-11(15)9-5-8-3-4-12-6-10(8)14-9/h3-7,14H,1-2H3,(H,13,15). The Hall–Kier alpha value is -1.84. The molecule has 0 aliphatic carbocycles. The van der Waals surface area contributed by atoms with Crippen LogP contribution in [0.5, 0.6) is 0 Å². The molecule has 0 aliphatic rings. The number of nitrogens with one attached hydrogen (secondary N) is 2. The largest absolute Gasteiger partial charge is 0.349 e. The first-order chi connectivity index (χ1) is 7.16. The van der Waals surface area contributed by atoms with Crippen molar-refractivity contribution < 1.29 is 4.79 Å². The Balaban J connectivity index is 2.32. The summed E-state index contributed by atoms with van der Waals surface area (Å²) in [5, 5.41) is 3.83. The molecule has 0 spiro atoms. The van der Waals surface area contributed by atoms with Gasteiger partial charge in [-0.2, -0.15) is 0 Å². The summed E-state index contributed by atoms with van der Waals surface area (Å²) in [6.07, 6.45) is 3.42. The lowest BCUT2D eigenvalue weighted by atomic mass is 10.3. The van der Waals surface area contributed by atoms with E-state index in [9.17, 15) is 4.79 Å². The molecule has 1 amide bonds. The zero-order valence-electron chi connectivity index (χ0n) is 8.74. The number of amides is 1. The number of aromatic nitrogens is 2. The van der Waals surface area contributed by atoms with Crippen molar-refractivity contribution in [3.63, 3.8) is 0 Å². The molecule has 2 N–H and O–H groups in total. The third-order valence-corrected chi connectivity index (χ3v) is 2.09. The highest BCUT2D eigenvalue weighted by atomic mass is 16.1. The summed E-state index contributed by atoms with van der Waals surface area (Å²) in [4.78, 5) is 18.7. The molecule has 2 rings (SSSR count). The first-order valence-electron chi connectivity index (χ1n) is 4.90. The van der Waals surface area contributed by atoms with E-state index in [2.05, 4.69) is 15.3 Å². The van der Waals surface area contributed by atoms with E-state index in [4.69, 9.17) is 0 Å². The quantitative estimate of drug-likeness (QED) is 0.780. The highest BCUT2D eigenvalue weighted by molar-refractivity contribution is 5.97. The number of hydrogen-bond donors (Lipinski definition) is 2. The van der Waals surface area contributed by atoms with Crippen molar-refractivity contribution in [3.8, 4) is 0 Å². The van der Waals surface area contributed by atoms with Crippen molar-refractivity contribution in [2.75, 3.05) is 0 Å². The molecule has 0 saturated carbocycles. The summed E-state index contributed by atoms with van der Waals surface area (Å²) in [6.45, 7) is 3.87. The van der Waals surface area contributed by atoms with Crippen LogP contribution in [0, 0.1) is 0 Å². The van der Waals surface area contributed by atoms with E-state index in [1.165, 1.54) is 0 Å². The summed E-state index contributed by atoms with van der Waals surface area (Å²) in [6, 6.07) is 3.84. The van der Waals surface area contributed by atoms with Gasteiger partial charge in [-0.15, -0.1) is 0 Å². The number of nitrogens with zero attached hydrogens (tertiary/aromatic N) is 1. The molecule has 0 bridgehead atoms. The number of fused-ring (bicyclic) bond motifs is 1. The molecule has 2 aromatic heterocycles. The van der Waals surface area contributed by atoms with E-state index in [0.717, 1.165) is 10.9 Å². The van der Waals surface area contributed by atoms with Crippen LogP contribution in [0.15, 0.2) is 24.5 Å². The first kappa shape index (κ1) is 9.71. The summed E-state index contributed by atoms with van der Waals surface area (Å²) in [5.74, 6) is -0.0822. The van der Waals surface area contributed by atoms with Gasteiger partial charge in [-0.25, -0.2) is 0 Å². The number of carbonyl (C=O) groups is 1. The van der Waals surface area contributed by atoms with Gasteiger partial charge in [0.2, 0.25) is 0 Å². The average molecular weight is 203 g/mol. The summed E-state index contributed by atoms with van der Waals surface area (Å²) in [5.41, 5.74) is 1.46. The number of pyridine rings is 1. The Morgan fingerprint density at radius 1 is 1.53 bits per heavy atom. The Bertz CT molecular complexity index is 454.